The minimum Gasteiger partial charge on any atom is -0.480 e. The first kappa shape index (κ1) is 72.9. The number of benzene rings is 4. The summed E-state index contributed by atoms with van der Waals surface area (Å²) in [7, 11) is 10.7. The standard InChI is InChI=1S/C20H21F4N5O.C11H11FN4O2.C11H13FN4.C9H5ClFN3O2.C8H9F3N2O2/c1-12(28-11-18(20(22,23)24)26-13(28)2)17(30)9-14-10-25-29(19(14)27(3)4)16-7-5-15(21)6-8-16;1-14(2)11-10(16(17)18)7-13-15(11)9-5-3-8(12)4-6-9;1-15(2)11-10(13)7-14-16(11)9-5-3-8(12)4-6-9;10-9-8(14(15)16)5-12-13(9)7-3-1-6(11)2-4-7;1-4(7(14)15)13-3-6(8(9,10)11)12-5(13)2/h5-8,10-12H,9H2,1-4H3;3-7H,1-2H3;3-7H,13H2,1-2H3;1-5H;3-4H,1-2H3,(H,14,15). The molecule has 6 aromatic heterocycles. The van der Waals surface area contributed by atoms with Crippen molar-refractivity contribution in [2.75, 3.05) is 62.7 Å². The molecule has 4 aromatic carbocycles. The molecule has 10 rings (SSSR count). The second-order valence-electron chi connectivity index (χ2n) is 20.8. The first-order valence-corrected chi connectivity index (χ1v) is 27.9. The summed E-state index contributed by atoms with van der Waals surface area (Å²) in [5.74, 6) is -1.02. The molecule has 6 heterocycles. The molecule has 2 atom stereocenters. The zero-order chi connectivity index (χ0) is 70.7. The average molecular weight is 1360 g/mol. The first-order chi connectivity index (χ1) is 44.4. The molecule has 3 N–H and O–H groups in total. The molecule has 25 nitrogen and oxygen atoms in total. The van der Waals surface area contributed by atoms with Crippen molar-refractivity contribution in [2.24, 2.45) is 0 Å². The van der Waals surface area contributed by atoms with E-state index in [0.717, 1.165) is 28.5 Å². The molecule has 0 aliphatic rings. The summed E-state index contributed by atoms with van der Waals surface area (Å²) in [4.78, 5) is 55.7. The van der Waals surface area contributed by atoms with Gasteiger partial charge in [0.25, 0.3) is 0 Å². The number of aryl methyl sites for hydroxylation is 2. The number of aromatic nitrogens is 12. The highest BCUT2D eigenvalue weighted by atomic mass is 35.5. The molecule has 10 aromatic rings. The smallest absolute Gasteiger partial charge is 0.434 e. The van der Waals surface area contributed by atoms with E-state index in [1.807, 2.05) is 19.0 Å². The maximum Gasteiger partial charge on any atom is 0.434 e. The fourth-order valence-electron chi connectivity index (χ4n) is 8.82. The second kappa shape index (κ2) is 30.5. The topological polar surface area (TPSA) is 283 Å². The highest BCUT2D eigenvalue weighted by molar-refractivity contribution is 6.31. The van der Waals surface area contributed by atoms with Crippen LogP contribution in [0.5, 0.6) is 0 Å². The molecule has 95 heavy (non-hydrogen) atoms. The molecule has 2 unspecified atom stereocenters. The van der Waals surface area contributed by atoms with Gasteiger partial charge in [-0.2, -0.15) is 46.7 Å². The fourth-order valence-corrected chi connectivity index (χ4v) is 9.08. The molecule has 0 saturated heterocycles. The molecule has 0 saturated carbocycles. The van der Waals surface area contributed by atoms with Gasteiger partial charge in [0.2, 0.25) is 11.0 Å². The number of anilines is 4. The summed E-state index contributed by atoms with van der Waals surface area (Å²) in [6.07, 6.45) is -2.26. The van der Waals surface area contributed by atoms with Crippen LogP contribution in [0.2, 0.25) is 5.15 Å². The number of nitrogens with two attached hydrogens (primary N) is 1. The molecule has 0 bridgehead atoms. The number of imidazole rings is 2. The van der Waals surface area contributed by atoms with Gasteiger partial charge in [0.15, 0.2) is 23.0 Å². The monoisotopic (exact) mass is 1360 g/mol. The third-order valence-electron chi connectivity index (χ3n) is 13.4. The average Bonchev–Trinajstić information content (AvgIpc) is 1.88. The number of alkyl halides is 6. The number of hydrogen-bond acceptors (Lipinski definition) is 16. The van der Waals surface area contributed by atoms with Crippen molar-refractivity contribution < 1.29 is 68.4 Å². The largest absolute Gasteiger partial charge is 0.480 e. The van der Waals surface area contributed by atoms with Crippen molar-refractivity contribution in [3.63, 3.8) is 0 Å². The lowest BCUT2D eigenvalue weighted by molar-refractivity contribution is -0.384. The number of nitrogens with zero attached hydrogens (tertiary/aromatic N) is 17. The van der Waals surface area contributed by atoms with Crippen LogP contribution in [0.15, 0.2) is 134 Å². The van der Waals surface area contributed by atoms with Gasteiger partial charge in [-0.05, 0) is 125 Å². The van der Waals surface area contributed by atoms with Crippen LogP contribution in [0.25, 0.3) is 22.7 Å². The summed E-state index contributed by atoms with van der Waals surface area (Å²) in [6, 6.07) is 20.9. The Morgan fingerprint density at radius 1 is 0.537 bits per heavy atom. The Labute approximate surface area is 538 Å². The number of aliphatic carboxylic acids is 1. The van der Waals surface area contributed by atoms with Gasteiger partial charge < -0.3 is 34.7 Å². The van der Waals surface area contributed by atoms with E-state index in [1.54, 1.807) is 77.8 Å². The van der Waals surface area contributed by atoms with Crippen LogP contribution in [0, 0.1) is 57.3 Å². The minimum atomic E-state index is -4.58. The summed E-state index contributed by atoms with van der Waals surface area (Å²) >= 11 is 5.76. The summed E-state index contributed by atoms with van der Waals surface area (Å²) in [5, 5.41) is 46.1. The third kappa shape index (κ3) is 18.1. The number of carbonyl (C=O) groups excluding carboxylic acids is 1. The van der Waals surface area contributed by atoms with Crippen molar-refractivity contribution in [3.8, 4) is 22.7 Å². The SMILES string of the molecule is CN(C)c1c(N)cnn1-c1ccc(F)cc1.CN(C)c1c([N+](=O)[O-])cnn1-c1ccc(F)cc1.Cc1nc(C(F)(F)F)cn1C(C)C(=O)Cc1cnn(-c2ccc(F)cc2)c1N(C)C.Cc1nc(C(F)(F)F)cn1C(C)C(=O)O.O=[N+]([O-])c1cnn(-c2ccc(F)cc2)c1Cl. The van der Waals surface area contributed by atoms with Crippen molar-refractivity contribution >= 4 is 57.9 Å². The van der Waals surface area contributed by atoms with E-state index in [2.05, 4.69) is 30.4 Å². The summed E-state index contributed by atoms with van der Waals surface area (Å²) in [6.45, 7) is 5.58. The van der Waals surface area contributed by atoms with Crippen LogP contribution < -0.4 is 20.4 Å². The molecular weight excluding hydrogens is 1300 g/mol. The van der Waals surface area contributed by atoms with Crippen LogP contribution >= 0.6 is 11.6 Å². The highest BCUT2D eigenvalue weighted by Gasteiger charge is 2.37. The van der Waals surface area contributed by atoms with Crippen LogP contribution in [0.4, 0.5) is 78.4 Å². The lowest BCUT2D eigenvalue weighted by Crippen LogP contribution is -2.21. The Kier molecular flexibility index (Phi) is 23.4. The lowest BCUT2D eigenvalue weighted by Gasteiger charge is -2.18. The number of Topliss-reactive ketones (excluding diaryl/α,β-unsaturated/α-hetero) is 1. The van der Waals surface area contributed by atoms with E-state index in [-0.39, 0.29) is 57.8 Å². The molecule has 504 valence electrons. The van der Waals surface area contributed by atoms with Crippen LogP contribution in [-0.2, 0) is 28.4 Å². The Bertz CT molecular complexity index is 4270. The van der Waals surface area contributed by atoms with E-state index in [4.69, 9.17) is 22.4 Å². The van der Waals surface area contributed by atoms with E-state index < -0.39 is 57.5 Å². The Balaban J connectivity index is 0.000000194. The van der Waals surface area contributed by atoms with Gasteiger partial charge in [-0.3, -0.25) is 25.0 Å². The van der Waals surface area contributed by atoms with Crippen LogP contribution in [-0.4, -0.2) is 127 Å². The number of carbonyl (C=O) groups is 2. The quantitative estimate of drug-likeness (QED) is 0.0548. The summed E-state index contributed by atoms with van der Waals surface area (Å²) in [5.41, 5.74) is 6.94. The van der Waals surface area contributed by atoms with Gasteiger partial charge in [-0.15, -0.1) is 0 Å². The zero-order valence-corrected chi connectivity index (χ0v) is 52.6. The normalized spacial score (nSPS) is 11.7. The Morgan fingerprint density at radius 3 is 1.21 bits per heavy atom. The lowest BCUT2D eigenvalue weighted by atomic mass is 10.1. The fraction of sp³-hybridized carbons (Fsp3) is 0.254. The summed E-state index contributed by atoms with van der Waals surface area (Å²) < 4.78 is 135. The van der Waals surface area contributed by atoms with Crippen LogP contribution in [0.3, 0.4) is 0 Å². The molecule has 0 aliphatic heterocycles. The number of carboxylic acid groups (broad SMARTS) is 1. The number of ketones is 1. The highest BCUT2D eigenvalue weighted by Crippen LogP contribution is 2.34. The molecule has 0 radical (unpaired) electrons. The van der Waals surface area contributed by atoms with Crippen molar-refractivity contribution in [1.29, 1.82) is 0 Å². The van der Waals surface area contributed by atoms with Gasteiger partial charge in [0.1, 0.15) is 59.2 Å². The van der Waals surface area contributed by atoms with Gasteiger partial charge in [-0.25, -0.2) is 51.1 Å². The van der Waals surface area contributed by atoms with E-state index in [0.29, 0.717) is 46.1 Å². The molecular formula is C59H59ClF10N18O7. The van der Waals surface area contributed by atoms with Gasteiger partial charge in [0, 0.05) is 66.7 Å². The van der Waals surface area contributed by atoms with E-state index in [1.165, 1.54) is 127 Å². The van der Waals surface area contributed by atoms with Crippen molar-refractivity contribution in [3.05, 3.63) is 211 Å². The minimum absolute atomic E-state index is 0.0252. The van der Waals surface area contributed by atoms with E-state index >= 15 is 0 Å². The third-order valence-corrected chi connectivity index (χ3v) is 13.7. The van der Waals surface area contributed by atoms with Crippen molar-refractivity contribution in [2.45, 2.75) is 58.6 Å². The number of halogens is 11. The number of hydrogen-bond donors (Lipinski definition) is 2. The van der Waals surface area contributed by atoms with Gasteiger partial charge in [-0.1, -0.05) is 11.6 Å². The maximum atomic E-state index is 13.2. The maximum absolute atomic E-state index is 13.2. The Morgan fingerprint density at radius 2 is 0.863 bits per heavy atom. The number of carboxylic acids is 1. The molecule has 36 heteroatoms. The van der Waals surface area contributed by atoms with Crippen molar-refractivity contribution in [1.82, 2.24) is 58.2 Å². The molecule has 0 aliphatic carbocycles. The predicted molar refractivity (Wildman–Crippen MR) is 330 cm³/mol. The number of nitro groups is 2. The second-order valence-corrected chi connectivity index (χ2v) is 21.2. The van der Waals surface area contributed by atoms with Crippen LogP contribution in [0.1, 0.15) is 54.5 Å². The van der Waals surface area contributed by atoms with E-state index in [9.17, 15) is 73.7 Å². The predicted octanol–water partition coefficient (Wildman–Crippen LogP) is 12.0. The molecule has 0 spiro atoms. The Hall–Kier alpha value is -11.1. The zero-order valence-electron chi connectivity index (χ0n) is 51.8. The van der Waals surface area contributed by atoms with Gasteiger partial charge in [0.05, 0.1) is 56.7 Å². The molecule has 0 amide bonds. The number of rotatable bonds is 15. The van der Waals surface area contributed by atoms with Gasteiger partial charge >= 0.3 is 29.7 Å². The number of nitrogen functional groups attached to an aromatic ring is 1. The molecule has 0 fully saturated rings. The first-order valence-electron chi connectivity index (χ1n) is 27.5.